The number of nitrogens with zero attached hydrogens (tertiary/aromatic N) is 5. The lowest BCUT2D eigenvalue weighted by Gasteiger charge is -2.05. The topological polar surface area (TPSA) is 127 Å². The Morgan fingerprint density at radius 1 is 1.31 bits per heavy atom. The maximum absolute atomic E-state index is 12.4. The number of methoxy groups -OCH3 is 1. The molecule has 0 saturated carbocycles. The molecule has 1 amide bonds. The Kier molecular flexibility index (Phi) is 3.77. The summed E-state index contributed by atoms with van der Waals surface area (Å²) in [5.41, 5.74) is 0.419. The van der Waals surface area contributed by atoms with Gasteiger partial charge in [0.05, 0.1) is 13.7 Å². The quantitative estimate of drug-likeness (QED) is 0.541. The summed E-state index contributed by atoms with van der Waals surface area (Å²) >= 11 is 0. The zero-order valence-electron chi connectivity index (χ0n) is 13.6. The normalized spacial score (nSPS) is 11.0. The largest absolute Gasteiger partial charge is 0.480 e. The van der Waals surface area contributed by atoms with E-state index in [1.165, 1.54) is 17.7 Å². The highest BCUT2D eigenvalue weighted by molar-refractivity contribution is 5.96. The molecule has 0 aromatic carbocycles. The van der Waals surface area contributed by atoms with Crippen LogP contribution in [0, 0.1) is 0 Å². The standard InChI is InChI=1S/C16H13N7O3/c1-26-13-5-4-11-20-21-12(23(11)22-13)8-18-15(24)10-7-9-3-2-6-17-14(9)19-16(10)25/h2-7H,8H2,1H3,(H,18,24)(H,17,19,25). The molecule has 0 radical (unpaired) electrons. The number of rotatable bonds is 4. The number of amides is 1. The zero-order valence-corrected chi connectivity index (χ0v) is 13.6. The molecule has 130 valence electrons. The average Bonchev–Trinajstić information content (AvgIpc) is 3.07. The van der Waals surface area contributed by atoms with E-state index < -0.39 is 11.5 Å². The van der Waals surface area contributed by atoms with E-state index >= 15 is 0 Å². The molecule has 0 bridgehead atoms. The highest BCUT2D eigenvalue weighted by atomic mass is 16.5. The number of carbonyl (C=O) groups excluding carboxylic acids is 1. The first kappa shape index (κ1) is 15.7. The number of pyridine rings is 2. The zero-order chi connectivity index (χ0) is 18.1. The summed E-state index contributed by atoms with van der Waals surface area (Å²) in [4.78, 5) is 31.2. The van der Waals surface area contributed by atoms with E-state index in [9.17, 15) is 9.59 Å². The van der Waals surface area contributed by atoms with Crippen molar-refractivity contribution in [2.24, 2.45) is 0 Å². The summed E-state index contributed by atoms with van der Waals surface area (Å²) in [7, 11) is 1.50. The third-order valence-corrected chi connectivity index (χ3v) is 3.78. The van der Waals surface area contributed by atoms with Crippen LogP contribution in [0.1, 0.15) is 16.2 Å². The van der Waals surface area contributed by atoms with Crippen molar-refractivity contribution in [1.29, 1.82) is 0 Å². The minimum Gasteiger partial charge on any atom is -0.480 e. The first-order valence-corrected chi connectivity index (χ1v) is 7.67. The molecule has 4 rings (SSSR count). The third-order valence-electron chi connectivity index (χ3n) is 3.78. The van der Waals surface area contributed by atoms with Gasteiger partial charge in [0.2, 0.25) is 5.88 Å². The van der Waals surface area contributed by atoms with Crippen LogP contribution in [0.2, 0.25) is 0 Å². The smallest absolute Gasteiger partial charge is 0.262 e. The van der Waals surface area contributed by atoms with Gasteiger partial charge in [0.15, 0.2) is 11.5 Å². The first-order chi connectivity index (χ1) is 12.7. The van der Waals surface area contributed by atoms with Crippen LogP contribution in [0.5, 0.6) is 5.88 Å². The SMILES string of the molecule is COc1ccc2nnc(CNC(=O)c3cc4cccnc4[nH]c3=O)n2n1. The molecule has 0 fully saturated rings. The Morgan fingerprint density at radius 2 is 2.19 bits per heavy atom. The number of H-pyrrole nitrogens is 1. The minimum absolute atomic E-state index is 0.00939. The number of hydrogen-bond donors (Lipinski definition) is 2. The molecule has 10 heteroatoms. The van der Waals surface area contributed by atoms with Gasteiger partial charge in [0.1, 0.15) is 11.2 Å². The molecule has 4 heterocycles. The fourth-order valence-corrected chi connectivity index (χ4v) is 2.49. The molecule has 0 atom stereocenters. The van der Waals surface area contributed by atoms with Crippen molar-refractivity contribution in [3.8, 4) is 5.88 Å². The second-order valence-electron chi connectivity index (χ2n) is 5.40. The maximum atomic E-state index is 12.4. The molecule has 0 aliphatic heterocycles. The highest BCUT2D eigenvalue weighted by Crippen LogP contribution is 2.09. The second-order valence-corrected chi connectivity index (χ2v) is 5.40. The average molecular weight is 351 g/mol. The van der Waals surface area contributed by atoms with Gasteiger partial charge in [0, 0.05) is 17.6 Å². The van der Waals surface area contributed by atoms with Crippen LogP contribution >= 0.6 is 0 Å². The van der Waals surface area contributed by atoms with Crippen LogP contribution < -0.4 is 15.6 Å². The van der Waals surface area contributed by atoms with Gasteiger partial charge in [-0.2, -0.15) is 4.52 Å². The van der Waals surface area contributed by atoms with E-state index in [4.69, 9.17) is 4.74 Å². The molecule has 10 nitrogen and oxygen atoms in total. The van der Waals surface area contributed by atoms with Crippen LogP contribution in [0.15, 0.2) is 41.3 Å². The summed E-state index contributed by atoms with van der Waals surface area (Å²) in [5, 5.41) is 15.5. The Bertz CT molecular complexity index is 1180. The third kappa shape index (κ3) is 2.73. The monoisotopic (exact) mass is 351 g/mol. The van der Waals surface area contributed by atoms with E-state index in [0.29, 0.717) is 28.4 Å². The lowest BCUT2D eigenvalue weighted by Crippen LogP contribution is -2.30. The van der Waals surface area contributed by atoms with E-state index in [1.807, 2.05) is 0 Å². The Balaban J connectivity index is 1.59. The number of ether oxygens (including phenoxy) is 1. The van der Waals surface area contributed by atoms with Crippen LogP contribution in [-0.4, -0.2) is 42.8 Å². The van der Waals surface area contributed by atoms with Crippen molar-refractivity contribution in [3.63, 3.8) is 0 Å². The van der Waals surface area contributed by atoms with E-state index in [2.05, 4.69) is 30.6 Å². The molecular weight excluding hydrogens is 338 g/mol. The molecule has 0 aliphatic rings. The van der Waals surface area contributed by atoms with Crippen LogP contribution in [-0.2, 0) is 6.54 Å². The molecule has 26 heavy (non-hydrogen) atoms. The fraction of sp³-hybridized carbons (Fsp3) is 0.125. The summed E-state index contributed by atoms with van der Waals surface area (Å²) in [6.45, 7) is 0.0463. The molecule has 0 unspecified atom stereocenters. The van der Waals surface area contributed by atoms with Gasteiger partial charge >= 0.3 is 0 Å². The minimum atomic E-state index is -0.531. The van der Waals surface area contributed by atoms with Crippen molar-refractivity contribution in [3.05, 3.63) is 58.3 Å². The highest BCUT2D eigenvalue weighted by Gasteiger charge is 2.14. The van der Waals surface area contributed by atoms with E-state index in [-0.39, 0.29) is 12.1 Å². The van der Waals surface area contributed by atoms with Crippen molar-refractivity contribution in [1.82, 2.24) is 35.1 Å². The molecule has 4 aromatic rings. The number of nitrogens with one attached hydrogen (secondary N) is 2. The summed E-state index contributed by atoms with van der Waals surface area (Å²) in [6, 6.07) is 8.35. The predicted octanol–water partition coefficient (Wildman–Crippen LogP) is 0.299. The predicted molar refractivity (Wildman–Crippen MR) is 90.9 cm³/mol. The Morgan fingerprint density at radius 3 is 3.04 bits per heavy atom. The lowest BCUT2D eigenvalue weighted by atomic mass is 10.2. The Hall–Kier alpha value is -3.82. The molecule has 0 spiro atoms. The summed E-state index contributed by atoms with van der Waals surface area (Å²) in [5.74, 6) is 0.270. The van der Waals surface area contributed by atoms with Crippen molar-refractivity contribution >= 4 is 22.6 Å². The number of aromatic amines is 1. The van der Waals surface area contributed by atoms with Crippen LogP contribution in [0.4, 0.5) is 0 Å². The first-order valence-electron chi connectivity index (χ1n) is 7.67. The van der Waals surface area contributed by atoms with Gasteiger partial charge in [-0.15, -0.1) is 15.3 Å². The van der Waals surface area contributed by atoms with Gasteiger partial charge in [-0.3, -0.25) is 9.59 Å². The van der Waals surface area contributed by atoms with Gasteiger partial charge in [-0.25, -0.2) is 4.98 Å². The van der Waals surface area contributed by atoms with Gasteiger partial charge in [-0.05, 0) is 24.3 Å². The summed E-state index contributed by atoms with van der Waals surface area (Å²) in [6.07, 6.45) is 1.57. The number of carbonyl (C=O) groups is 1. The molecule has 2 N–H and O–H groups in total. The van der Waals surface area contributed by atoms with Crippen LogP contribution in [0.25, 0.3) is 16.7 Å². The van der Waals surface area contributed by atoms with Crippen molar-refractivity contribution < 1.29 is 9.53 Å². The van der Waals surface area contributed by atoms with E-state index in [0.717, 1.165) is 0 Å². The molecule has 4 aromatic heterocycles. The van der Waals surface area contributed by atoms with E-state index in [1.54, 1.807) is 30.5 Å². The maximum Gasteiger partial charge on any atom is 0.262 e. The summed E-state index contributed by atoms with van der Waals surface area (Å²) < 4.78 is 6.54. The van der Waals surface area contributed by atoms with Gasteiger partial charge < -0.3 is 15.0 Å². The molecule has 0 aliphatic carbocycles. The van der Waals surface area contributed by atoms with Gasteiger partial charge in [-0.1, -0.05) is 0 Å². The second kappa shape index (κ2) is 6.24. The van der Waals surface area contributed by atoms with Crippen molar-refractivity contribution in [2.75, 3.05) is 7.11 Å². The molecular formula is C16H13N7O3. The number of aromatic nitrogens is 6. The van der Waals surface area contributed by atoms with Crippen LogP contribution in [0.3, 0.4) is 0 Å². The molecule has 0 saturated heterocycles. The number of fused-ring (bicyclic) bond motifs is 2. The number of hydrogen-bond acceptors (Lipinski definition) is 7. The van der Waals surface area contributed by atoms with Gasteiger partial charge in [0.25, 0.3) is 11.5 Å². The lowest BCUT2D eigenvalue weighted by molar-refractivity contribution is 0.0948. The van der Waals surface area contributed by atoms with Crippen molar-refractivity contribution in [2.45, 2.75) is 6.54 Å². The Labute approximate surface area is 145 Å². The fourth-order valence-electron chi connectivity index (χ4n) is 2.49.